The van der Waals surface area contributed by atoms with E-state index in [1.54, 1.807) is 36.2 Å². The van der Waals surface area contributed by atoms with Gasteiger partial charge in [0.15, 0.2) is 0 Å². The first-order valence-corrected chi connectivity index (χ1v) is 6.29. The molecule has 1 aromatic rings. The number of benzene rings is 1. The van der Waals surface area contributed by atoms with Crippen LogP contribution in [0.15, 0.2) is 24.3 Å². The van der Waals surface area contributed by atoms with Crippen molar-refractivity contribution in [3.05, 3.63) is 29.8 Å². The average Bonchev–Trinajstić information content (AvgIpc) is 2.41. The number of nitriles is 1. The first kappa shape index (κ1) is 16.3. The molecule has 3 nitrogen and oxygen atoms in total. The summed E-state index contributed by atoms with van der Waals surface area (Å²) in [6.45, 7) is 0.981. The van der Waals surface area contributed by atoms with Gasteiger partial charge in [-0.1, -0.05) is 0 Å². The van der Waals surface area contributed by atoms with Crippen molar-refractivity contribution >= 4 is 0 Å². The van der Waals surface area contributed by atoms with Crippen LogP contribution >= 0.6 is 0 Å². The van der Waals surface area contributed by atoms with E-state index in [-0.39, 0.29) is 6.54 Å². The number of halogens is 3. The van der Waals surface area contributed by atoms with Gasteiger partial charge in [-0.3, -0.25) is 0 Å². The van der Waals surface area contributed by atoms with E-state index in [2.05, 4.69) is 0 Å². The molecule has 0 amide bonds. The summed E-state index contributed by atoms with van der Waals surface area (Å²) in [4.78, 5) is 1.63. The zero-order chi connectivity index (χ0) is 15.0. The summed E-state index contributed by atoms with van der Waals surface area (Å²) >= 11 is 0. The molecule has 20 heavy (non-hydrogen) atoms. The van der Waals surface area contributed by atoms with E-state index >= 15 is 0 Å². The minimum atomic E-state index is -4.10. The molecule has 0 atom stereocenters. The highest BCUT2D eigenvalue weighted by molar-refractivity contribution is 5.34. The zero-order valence-electron chi connectivity index (χ0n) is 11.3. The minimum Gasteiger partial charge on any atom is -0.494 e. The Balaban J connectivity index is 2.16. The van der Waals surface area contributed by atoms with Crippen molar-refractivity contribution in [2.45, 2.75) is 19.0 Å². The Labute approximate surface area is 116 Å². The second-order valence-corrected chi connectivity index (χ2v) is 4.51. The van der Waals surface area contributed by atoms with Crippen molar-refractivity contribution in [1.29, 1.82) is 5.26 Å². The molecule has 0 heterocycles. The molecular weight excluding hydrogens is 269 g/mol. The van der Waals surface area contributed by atoms with Crippen molar-refractivity contribution in [1.82, 2.24) is 4.90 Å². The Bertz CT molecular complexity index is 437. The van der Waals surface area contributed by atoms with E-state index in [1.165, 1.54) is 0 Å². The monoisotopic (exact) mass is 286 g/mol. The fraction of sp³-hybridized carbons (Fsp3) is 0.500. The van der Waals surface area contributed by atoms with Gasteiger partial charge in [0.25, 0.3) is 0 Å². The van der Waals surface area contributed by atoms with Gasteiger partial charge >= 0.3 is 6.18 Å². The minimum absolute atomic E-state index is 0.000363. The lowest BCUT2D eigenvalue weighted by Gasteiger charge is -2.17. The third-order valence-electron chi connectivity index (χ3n) is 2.71. The first-order valence-electron chi connectivity index (χ1n) is 6.29. The molecule has 0 aliphatic heterocycles. The van der Waals surface area contributed by atoms with Crippen LogP contribution in [0.25, 0.3) is 0 Å². The summed E-state index contributed by atoms with van der Waals surface area (Å²) in [5.74, 6) is 0.655. The first-order chi connectivity index (χ1) is 9.40. The maximum Gasteiger partial charge on any atom is 0.390 e. The van der Waals surface area contributed by atoms with Crippen LogP contribution in [-0.4, -0.2) is 37.8 Å². The molecule has 1 aromatic carbocycles. The number of rotatable bonds is 7. The lowest BCUT2D eigenvalue weighted by Crippen LogP contribution is -2.26. The molecule has 1 rings (SSSR count). The Morgan fingerprint density at radius 3 is 2.40 bits per heavy atom. The Morgan fingerprint density at radius 1 is 1.20 bits per heavy atom. The number of alkyl halides is 3. The van der Waals surface area contributed by atoms with Crippen LogP contribution in [0.1, 0.15) is 18.4 Å². The highest BCUT2D eigenvalue weighted by atomic mass is 19.4. The van der Waals surface area contributed by atoms with Gasteiger partial charge in [0, 0.05) is 13.1 Å². The number of nitrogens with zero attached hydrogens (tertiary/aromatic N) is 2. The van der Waals surface area contributed by atoms with E-state index in [0.717, 1.165) is 0 Å². The normalized spacial score (nSPS) is 11.4. The fourth-order valence-corrected chi connectivity index (χ4v) is 1.58. The number of hydrogen-bond donors (Lipinski definition) is 0. The summed E-state index contributed by atoms with van der Waals surface area (Å²) in [7, 11) is 1.66. The van der Waals surface area contributed by atoms with Crippen molar-refractivity contribution < 1.29 is 17.9 Å². The summed E-state index contributed by atoms with van der Waals surface area (Å²) < 4.78 is 41.5. The van der Waals surface area contributed by atoms with E-state index in [0.29, 0.717) is 30.9 Å². The maximum atomic E-state index is 12.0. The van der Waals surface area contributed by atoms with E-state index < -0.39 is 12.6 Å². The third-order valence-corrected chi connectivity index (χ3v) is 2.71. The molecule has 110 valence electrons. The van der Waals surface area contributed by atoms with Gasteiger partial charge in [-0.2, -0.15) is 18.4 Å². The molecule has 0 radical (unpaired) electrons. The smallest absolute Gasteiger partial charge is 0.390 e. The van der Waals surface area contributed by atoms with Crippen LogP contribution in [-0.2, 0) is 0 Å². The van der Waals surface area contributed by atoms with Gasteiger partial charge in [0.05, 0.1) is 24.7 Å². The van der Waals surface area contributed by atoms with Crippen LogP contribution in [0.3, 0.4) is 0 Å². The Kier molecular flexibility index (Phi) is 6.32. The summed E-state index contributed by atoms with van der Waals surface area (Å²) in [5.41, 5.74) is 0.559. The van der Waals surface area contributed by atoms with Crippen LogP contribution in [0.4, 0.5) is 13.2 Å². The lowest BCUT2D eigenvalue weighted by molar-refractivity contribution is -0.137. The van der Waals surface area contributed by atoms with E-state index in [4.69, 9.17) is 10.00 Å². The summed E-state index contributed by atoms with van der Waals surface area (Å²) in [5, 5.41) is 8.64. The fourth-order valence-electron chi connectivity index (χ4n) is 1.58. The quantitative estimate of drug-likeness (QED) is 0.722. The largest absolute Gasteiger partial charge is 0.494 e. The second-order valence-electron chi connectivity index (χ2n) is 4.51. The predicted octanol–water partition coefficient (Wildman–Crippen LogP) is 3.21. The molecule has 0 unspecified atom stereocenters. The standard InChI is InChI=1S/C14H17F3N2O/c1-19(9-7-14(15,16)17)8-2-10-20-13-5-3-12(11-18)4-6-13/h3-6H,2,7-10H2,1H3. The molecule has 0 aromatic heterocycles. The second kappa shape index (κ2) is 7.75. The Hall–Kier alpha value is -1.74. The molecule has 0 fully saturated rings. The number of ether oxygens (including phenoxy) is 1. The van der Waals surface area contributed by atoms with Crippen molar-refractivity contribution in [3.8, 4) is 11.8 Å². The molecule has 0 aliphatic carbocycles. The molecule has 0 saturated carbocycles. The lowest BCUT2D eigenvalue weighted by atomic mass is 10.2. The number of hydrogen-bond acceptors (Lipinski definition) is 3. The van der Waals surface area contributed by atoms with Gasteiger partial charge in [-0.05, 0) is 37.7 Å². The topological polar surface area (TPSA) is 36.3 Å². The highest BCUT2D eigenvalue weighted by Gasteiger charge is 2.26. The van der Waals surface area contributed by atoms with Gasteiger partial charge in [0.1, 0.15) is 5.75 Å². The summed E-state index contributed by atoms with van der Waals surface area (Å²) in [6, 6.07) is 8.72. The molecule has 0 saturated heterocycles. The van der Waals surface area contributed by atoms with E-state index in [9.17, 15) is 13.2 Å². The van der Waals surface area contributed by atoms with Crippen LogP contribution in [0.5, 0.6) is 5.75 Å². The highest BCUT2D eigenvalue weighted by Crippen LogP contribution is 2.19. The van der Waals surface area contributed by atoms with Gasteiger partial charge in [-0.25, -0.2) is 0 Å². The van der Waals surface area contributed by atoms with Crippen molar-refractivity contribution in [2.75, 3.05) is 26.7 Å². The third kappa shape index (κ3) is 7.00. The SMILES string of the molecule is CN(CCCOc1ccc(C#N)cc1)CCC(F)(F)F. The molecular formula is C14H17F3N2O. The average molecular weight is 286 g/mol. The van der Waals surface area contributed by atoms with Crippen LogP contribution in [0, 0.1) is 11.3 Å². The summed E-state index contributed by atoms with van der Waals surface area (Å²) in [6.07, 6.45) is -4.25. The zero-order valence-corrected chi connectivity index (χ0v) is 11.3. The molecule has 0 aliphatic rings. The maximum absolute atomic E-state index is 12.0. The molecule has 0 spiro atoms. The predicted molar refractivity (Wildman–Crippen MR) is 69.4 cm³/mol. The van der Waals surface area contributed by atoms with Gasteiger partial charge in [0.2, 0.25) is 0 Å². The molecule has 0 bridgehead atoms. The Morgan fingerprint density at radius 2 is 1.85 bits per heavy atom. The van der Waals surface area contributed by atoms with Gasteiger partial charge in [-0.15, -0.1) is 0 Å². The molecule has 0 N–H and O–H groups in total. The van der Waals surface area contributed by atoms with Crippen molar-refractivity contribution in [2.24, 2.45) is 0 Å². The van der Waals surface area contributed by atoms with Gasteiger partial charge < -0.3 is 9.64 Å². The van der Waals surface area contributed by atoms with E-state index in [1.807, 2.05) is 6.07 Å². The van der Waals surface area contributed by atoms with Crippen molar-refractivity contribution in [3.63, 3.8) is 0 Å². The van der Waals surface area contributed by atoms with Crippen LogP contribution in [0.2, 0.25) is 0 Å². The molecule has 6 heteroatoms. The van der Waals surface area contributed by atoms with Crippen LogP contribution < -0.4 is 4.74 Å².